The first-order chi connectivity index (χ1) is 13.2. The van der Waals surface area contributed by atoms with Gasteiger partial charge < -0.3 is 10.1 Å². The minimum absolute atomic E-state index is 0.116. The highest BCUT2D eigenvalue weighted by Crippen LogP contribution is 2.24. The number of amides is 1. The minimum atomic E-state index is -3.65. The third kappa shape index (κ3) is 6.04. The molecule has 1 amide bonds. The lowest BCUT2D eigenvalue weighted by molar-refractivity contribution is -0.124. The lowest BCUT2D eigenvalue weighted by Crippen LogP contribution is -2.36. The number of aryl methyl sites for hydroxylation is 1. The van der Waals surface area contributed by atoms with Crippen LogP contribution >= 0.6 is 0 Å². The summed E-state index contributed by atoms with van der Waals surface area (Å²) in [5.41, 5.74) is 0.699. The molecular formula is C20H30N2O5S. The van der Waals surface area contributed by atoms with Gasteiger partial charge in [0.15, 0.2) is 6.61 Å². The van der Waals surface area contributed by atoms with Crippen molar-refractivity contribution in [3.8, 4) is 0 Å². The molecule has 0 aliphatic carbocycles. The molecular weight excluding hydrogens is 380 g/mol. The van der Waals surface area contributed by atoms with Gasteiger partial charge in [0.25, 0.3) is 5.91 Å². The Morgan fingerprint density at radius 3 is 2.50 bits per heavy atom. The van der Waals surface area contributed by atoms with Gasteiger partial charge in [-0.3, -0.25) is 4.79 Å². The Kier molecular flexibility index (Phi) is 8.00. The Hall–Kier alpha value is -1.93. The number of rotatable bonds is 8. The van der Waals surface area contributed by atoms with E-state index in [9.17, 15) is 18.0 Å². The highest BCUT2D eigenvalue weighted by molar-refractivity contribution is 7.89. The summed E-state index contributed by atoms with van der Waals surface area (Å²) in [6, 6.07) is 4.46. The van der Waals surface area contributed by atoms with Gasteiger partial charge >= 0.3 is 5.97 Å². The smallest absolute Gasteiger partial charge is 0.338 e. The maximum absolute atomic E-state index is 12.9. The molecule has 0 radical (unpaired) electrons. The average Bonchev–Trinajstić information content (AvgIpc) is 2.66. The molecule has 1 aliphatic heterocycles. The number of sulfonamides is 1. The number of hydrogen-bond donors (Lipinski definition) is 1. The number of carbonyl (C=O) groups excluding carboxylic acids is 2. The van der Waals surface area contributed by atoms with Gasteiger partial charge in [0.2, 0.25) is 10.0 Å². The van der Waals surface area contributed by atoms with Crippen LogP contribution in [-0.4, -0.2) is 50.8 Å². The molecule has 0 spiro atoms. The van der Waals surface area contributed by atoms with Crippen molar-refractivity contribution in [3.63, 3.8) is 0 Å². The molecule has 0 atom stereocenters. The molecule has 1 aromatic rings. The fourth-order valence-corrected chi connectivity index (χ4v) is 4.78. The number of benzene rings is 1. The second kappa shape index (κ2) is 10.0. The summed E-state index contributed by atoms with van der Waals surface area (Å²) in [5.74, 6) is -0.618. The molecule has 1 N–H and O–H groups in total. The van der Waals surface area contributed by atoms with Crippen molar-refractivity contribution in [2.45, 2.75) is 51.3 Å². The number of nitrogens with one attached hydrogen (secondary N) is 1. The Bertz CT molecular complexity index is 799. The van der Waals surface area contributed by atoms with Crippen LogP contribution in [0.5, 0.6) is 0 Å². The number of ether oxygens (including phenoxy) is 1. The molecule has 0 aromatic heterocycles. The van der Waals surface area contributed by atoms with Crippen molar-refractivity contribution in [2.24, 2.45) is 5.92 Å². The van der Waals surface area contributed by atoms with E-state index in [1.54, 1.807) is 13.0 Å². The Balaban J connectivity index is 2.03. The molecule has 1 aliphatic rings. The van der Waals surface area contributed by atoms with Gasteiger partial charge in [0.05, 0.1) is 10.5 Å². The van der Waals surface area contributed by atoms with E-state index in [2.05, 4.69) is 19.2 Å². The lowest BCUT2D eigenvalue weighted by atomic mass is 10.1. The van der Waals surface area contributed by atoms with Crippen LogP contribution in [0.3, 0.4) is 0 Å². The molecule has 0 saturated carbocycles. The van der Waals surface area contributed by atoms with E-state index in [-0.39, 0.29) is 23.0 Å². The van der Waals surface area contributed by atoms with Crippen molar-refractivity contribution < 1.29 is 22.7 Å². The van der Waals surface area contributed by atoms with Crippen molar-refractivity contribution >= 4 is 21.9 Å². The van der Waals surface area contributed by atoms with E-state index in [0.29, 0.717) is 31.1 Å². The molecule has 2 rings (SSSR count). The van der Waals surface area contributed by atoms with Crippen LogP contribution < -0.4 is 5.32 Å². The van der Waals surface area contributed by atoms with E-state index < -0.39 is 16.0 Å². The fraction of sp³-hybridized carbons (Fsp3) is 0.600. The average molecular weight is 411 g/mol. The summed E-state index contributed by atoms with van der Waals surface area (Å²) in [4.78, 5) is 24.2. The van der Waals surface area contributed by atoms with Gasteiger partial charge in [-0.2, -0.15) is 4.31 Å². The van der Waals surface area contributed by atoms with Crippen LogP contribution in [0.1, 0.15) is 55.5 Å². The van der Waals surface area contributed by atoms with E-state index in [0.717, 1.165) is 25.7 Å². The zero-order chi connectivity index (χ0) is 20.7. The van der Waals surface area contributed by atoms with E-state index in [1.165, 1.54) is 16.4 Å². The molecule has 1 saturated heterocycles. The van der Waals surface area contributed by atoms with E-state index >= 15 is 0 Å². The standard InChI is InChI=1S/C20H30N2O5S/c1-15(2)9-10-21-19(23)14-27-20(24)17-8-7-16(3)18(13-17)28(25,26)22-11-5-4-6-12-22/h7-8,13,15H,4-6,9-12,14H2,1-3H3,(H,21,23). The first-order valence-corrected chi connectivity index (χ1v) is 11.2. The number of hydrogen-bond acceptors (Lipinski definition) is 5. The molecule has 1 fully saturated rings. The highest BCUT2D eigenvalue weighted by Gasteiger charge is 2.28. The Morgan fingerprint density at radius 1 is 1.18 bits per heavy atom. The third-order valence-electron chi connectivity index (χ3n) is 4.73. The normalized spacial score (nSPS) is 15.4. The van der Waals surface area contributed by atoms with Crippen molar-refractivity contribution in [2.75, 3.05) is 26.2 Å². The Morgan fingerprint density at radius 2 is 1.86 bits per heavy atom. The first kappa shape index (κ1) is 22.4. The number of carbonyl (C=O) groups is 2. The zero-order valence-electron chi connectivity index (χ0n) is 16.9. The third-order valence-corrected chi connectivity index (χ3v) is 6.78. The second-order valence-electron chi connectivity index (χ2n) is 7.55. The van der Waals surface area contributed by atoms with Crippen molar-refractivity contribution in [3.05, 3.63) is 29.3 Å². The summed E-state index contributed by atoms with van der Waals surface area (Å²) in [5, 5.41) is 2.69. The molecule has 1 aromatic carbocycles. The van der Waals surface area contributed by atoms with Crippen LogP contribution in [0.2, 0.25) is 0 Å². The summed E-state index contributed by atoms with van der Waals surface area (Å²) in [6.07, 6.45) is 3.55. The zero-order valence-corrected chi connectivity index (χ0v) is 17.7. The van der Waals surface area contributed by atoms with Gasteiger partial charge in [-0.15, -0.1) is 0 Å². The molecule has 1 heterocycles. The Labute approximate surface area is 167 Å². The second-order valence-corrected chi connectivity index (χ2v) is 9.46. The van der Waals surface area contributed by atoms with Gasteiger partial charge in [-0.1, -0.05) is 26.3 Å². The molecule has 8 heteroatoms. The SMILES string of the molecule is Cc1ccc(C(=O)OCC(=O)NCCC(C)C)cc1S(=O)(=O)N1CCCCC1. The van der Waals surface area contributed by atoms with E-state index in [1.807, 2.05) is 0 Å². The predicted molar refractivity (Wildman–Crippen MR) is 107 cm³/mol. The number of esters is 1. The van der Waals surface area contributed by atoms with Crippen LogP contribution in [0.25, 0.3) is 0 Å². The summed E-state index contributed by atoms with van der Waals surface area (Å²) in [7, 11) is -3.65. The maximum Gasteiger partial charge on any atom is 0.338 e. The molecule has 28 heavy (non-hydrogen) atoms. The summed E-state index contributed by atoms with van der Waals surface area (Å²) in [6.45, 7) is 6.93. The van der Waals surface area contributed by atoms with Crippen molar-refractivity contribution in [1.82, 2.24) is 9.62 Å². The van der Waals surface area contributed by atoms with Crippen molar-refractivity contribution in [1.29, 1.82) is 0 Å². The monoisotopic (exact) mass is 410 g/mol. The summed E-state index contributed by atoms with van der Waals surface area (Å²) < 4.78 is 32.4. The minimum Gasteiger partial charge on any atom is -0.452 e. The van der Waals surface area contributed by atoms with Crippen LogP contribution in [0.15, 0.2) is 23.1 Å². The fourth-order valence-electron chi connectivity index (χ4n) is 3.02. The highest BCUT2D eigenvalue weighted by atomic mass is 32.2. The number of piperidine rings is 1. The number of nitrogens with zero attached hydrogens (tertiary/aromatic N) is 1. The molecule has 7 nitrogen and oxygen atoms in total. The van der Waals surface area contributed by atoms with Gasteiger partial charge in [0.1, 0.15) is 0 Å². The summed E-state index contributed by atoms with van der Waals surface area (Å²) >= 11 is 0. The predicted octanol–water partition coefficient (Wildman–Crippen LogP) is 2.49. The quantitative estimate of drug-likeness (QED) is 0.665. The molecule has 0 bridgehead atoms. The van der Waals surface area contributed by atoms with Crippen LogP contribution in [0.4, 0.5) is 0 Å². The van der Waals surface area contributed by atoms with Crippen LogP contribution in [0, 0.1) is 12.8 Å². The largest absolute Gasteiger partial charge is 0.452 e. The lowest BCUT2D eigenvalue weighted by Gasteiger charge is -2.26. The van der Waals surface area contributed by atoms with E-state index in [4.69, 9.17) is 4.74 Å². The molecule has 156 valence electrons. The van der Waals surface area contributed by atoms with Gasteiger partial charge in [-0.05, 0) is 49.8 Å². The maximum atomic E-state index is 12.9. The molecule has 0 unspecified atom stereocenters. The van der Waals surface area contributed by atoms with Gasteiger partial charge in [-0.25, -0.2) is 13.2 Å². The van der Waals surface area contributed by atoms with Crippen LogP contribution in [-0.2, 0) is 19.6 Å². The topological polar surface area (TPSA) is 92.8 Å². The first-order valence-electron chi connectivity index (χ1n) is 9.76. The van der Waals surface area contributed by atoms with Gasteiger partial charge in [0, 0.05) is 19.6 Å².